The van der Waals surface area contributed by atoms with Crippen LogP contribution in [0.5, 0.6) is 0 Å². The standard InChI is InChI=1S/C11H13BrO3/c1-11(14-7-10(6-13)15-11)8-2-4-9(12)5-3-8/h2-5,10,13H,6-7H2,1H3/t10-,11+/m1/s1. The Morgan fingerprint density at radius 1 is 1.47 bits per heavy atom. The first kappa shape index (κ1) is 11.1. The average molecular weight is 273 g/mol. The smallest absolute Gasteiger partial charge is 0.192 e. The molecule has 1 fully saturated rings. The van der Waals surface area contributed by atoms with Crippen molar-refractivity contribution in [2.75, 3.05) is 13.2 Å². The summed E-state index contributed by atoms with van der Waals surface area (Å²) in [5.74, 6) is -0.728. The number of aliphatic hydroxyl groups is 1. The Balaban J connectivity index is 2.20. The number of hydrogen-bond donors (Lipinski definition) is 1. The summed E-state index contributed by atoms with van der Waals surface area (Å²) in [4.78, 5) is 0. The molecule has 0 spiro atoms. The van der Waals surface area contributed by atoms with Gasteiger partial charge in [-0.1, -0.05) is 28.1 Å². The summed E-state index contributed by atoms with van der Waals surface area (Å²) in [5, 5.41) is 8.98. The van der Waals surface area contributed by atoms with Crippen LogP contribution in [0, 0.1) is 0 Å². The first-order valence-corrected chi connectivity index (χ1v) is 5.62. The van der Waals surface area contributed by atoms with E-state index in [1.54, 1.807) is 0 Å². The lowest BCUT2D eigenvalue weighted by atomic mass is 10.1. The largest absolute Gasteiger partial charge is 0.394 e. The molecule has 0 bridgehead atoms. The predicted molar refractivity (Wildman–Crippen MR) is 59.4 cm³/mol. The number of aliphatic hydroxyl groups excluding tert-OH is 1. The summed E-state index contributed by atoms with van der Waals surface area (Å²) >= 11 is 3.38. The zero-order valence-electron chi connectivity index (χ0n) is 8.44. The van der Waals surface area contributed by atoms with Crippen LogP contribution in [0.25, 0.3) is 0 Å². The van der Waals surface area contributed by atoms with Crippen molar-refractivity contribution in [1.82, 2.24) is 0 Å². The lowest BCUT2D eigenvalue weighted by Crippen LogP contribution is -2.24. The molecule has 0 aromatic heterocycles. The molecule has 0 unspecified atom stereocenters. The summed E-state index contributed by atoms with van der Waals surface area (Å²) in [6, 6.07) is 7.78. The highest BCUT2D eigenvalue weighted by Crippen LogP contribution is 2.34. The van der Waals surface area contributed by atoms with Crippen LogP contribution >= 0.6 is 15.9 Å². The topological polar surface area (TPSA) is 38.7 Å². The third kappa shape index (κ3) is 2.23. The Labute approximate surface area is 97.1 Å². The predicted octanol–water partition coefficient (Wildman–Crippen LogP) is 2.03. The molecule has 1 N–H and O–H groups in total. The molecule has 0 aliphatic carbocycles. The second-order valence-corrected chi connectivity index (χ2v) is 4.60. The molecule has 2 atom stereocenters. The van der Waals surface area contributed by atoms with Gasteiger partial charge in [0.15, 0.2) is 5.79 Å². The molecule has 3 nitrogen and oxygen atoms in total. The van der Waals surface area contributed by atoms with Crippen LogP contribution < -0.4 is 0 Å². The molecule has 1 aliphatic rings. The maximum atomic E-state index is 8.98. The van der Waals surface area contributed by atoms with Gasteiger partial charge in [-0.3, -0.25) is 0 Å². The van der Waals surface area contributed by atoms with Gasteiger partial charge in [-0.15, -0.1) is 0 Å². The van der Waals surface area contributed by atoms with Crippen LogP contribution in [0.1, 0.15) is 12.5 Å². The van der Waals surface area contributed by atoms with Crippen LogP contribution in [0.3, 0.4) is 0 Å². The maximum Gasteiger partial charge on any atom is 0.192 e. The quantitative estimate of drug-likeness (QED) is 0.896. The van der Waals surface area contributed by atoms with Gasteiger partial charge in [0.2, 0.25) is 0 Å². The van der Waals surface area contributed by atoms with E-state index in [-0.39, 0.29) is 12.7 Å². The second kappa shape index (κ2) is 4.22. The van der Waals surface area contributed by atoms with E-state index in [2.05, 4.69) is 15.9 Å². The highest BCUT2D eigenvalue weighted by molar-refractivity contribution is 9.10. The molecule has 1 heterocycles. The SMILES string of the molecule is C[C@]1(c2ccc(Br)cc2)OC[C@@H](CO)O1. The Bertz CT molecular complexity index is 338. The van der Waals surface area contributed by atoms with E-state index in [9.17, 15) is 0 Å². The van der Waals surface area contributed by atoms with Gasteiger partial charge in [0.1, 0.15) is 6.10 Å². The van der Waals surface area contributed by atoms with Gasteiger partial charge >= 0.3 is 0 Å². The maximum absolute atomic E-state index is 8.98. The van der Waals surface area contributed by atoms with Gasteiger partial charge < -0.3 is 14.6 Å². The Morgan fingerprint density at radius 3 is 2.67 bits per heavy atom. The molecule has 2 rings (SSSR count). The van der Waals surface area contributed by atoms with Crippen molar-refractivity contribution < 1.29 is 14.6 Å². The molecular weight excluding hydrogens is 260 g/mol. The minimum atomic E-state index is -0.728. The van der Waals surface area contributed by atoms with E-state index in [1.165, 1.54) is 0 Å². The molecule has 1 aliphatic heterocycles. The highest BCUT2D eigenvalue weighted by atomic mass is 79.9. The minimum Gasteiger partial charge on any atom is -0.394 e. The lowest BCUT2D eigenvalue weighted by Gasteiger charge is -2.23. The van der Waals surface area contributed by atoms with Crippen molar-refractivity contribution in [1.29, 1.82) is 0 Å². The fraction of sp³-hybridized carbons (Fsp3) is 0.455. The summed E-state index contributed by atoms with van der Waals surface area (Å²) in [7, 11) is 0. The molecule has 4 heteroatoms. The molecule has 0 saturated carbocycles. The van der Waals surface area contributed by atoms with Crippen molar-refractivity contribution in [3.63, 3.8) is 0 Å². The summed E-state index contributed by atoms with van der Waals surface area (Å²) in [6.45, 7) is 2.29. The molecule has 1 aromatic carbocycles. The molecule has 15 heavy (non-hydrogen) atoms. The van der Waals surface area contributed by atoms with E-state index < -0.39 is 5.79 Å². The van der Waals surface area contributed by atoms with Crippen molar-refractivity contribution in [3.8, 4) is 0 Å². The Hall–Kier alpha value is -0.420. The monoisotopic (exact) mass is 272 g/mol. The molecule has 1 saturated heterocycles. The Morgan fingerprint density at radius 2 is 2.13 bits per heavy atom. The van der Waals surface area contributed by atoms with Gasteiger partial charge in [-0.2, -0.15) is 0 Å². The van der Waals surface area contributed by atoms with Crippen molar-refractivity contribution in [2.45, 2.75) is 18.8 Å². The molecule has 0 amide bonds. The fourth-order valence-corrected chi connectivity index (χ4v) is 1.90. The fourth-order valence-electron chi connectivity index (χ4n) is 1.63. The van der Waals surface area contributed by atoms with Crippen molar-refractivity contribution in [2.24, 2.45) is 0 Å². The van der Waals surface area contributed by atoms with E-state index in [0.29, 0.717) is 6.61 Å². The molecule has 1 aromatic rings. The van der Waals surface area contributed by atoms with E-state index in [4.69, 9.17) is 14.6 Å². The average Bonchev–Trinajstić information content (AvgIpc) is 2.62. The zero-order valence-corrected chi connectivity index (χ0v) is 10.0. The molecular formula is C11H13BrO3. The van der Waals surface area contributed by atoms with Crippen LogP contribution in [0.4, 0.5) is 0 Å². The Kier molecular flexibility index (Phi) is 3.11. The first-order valence-electron chi connectivity index (χ1n) is 4.83. The summed E-state index contributed by atoms with van der Waals surface area (Å²) in [5.41, 5.74) is 0.960. The lowest BCUT2D eigenvalue weighted by molar-refractivity contribution is -0.165. The van der Waals surface area contributed by atoms with Crippen molar-refractivity contribution >= 4 is 15.9 Å². The number of rotatable bonds is 2. The third-order valence-electron chi connectivity index (χ3n) is 2.51. The number of hydrogen-bond acceptors (Lipinski definition) is 3. The summed E-state index contributed by atoms with van der Waals surface area (Å²) in [6.07, 6.45) is -0.223. The molecule has 0 radical (unpaired) electrons. The van der Waals surface area contributed by atoms with Gasteiger partial charge in [0.05, 0.1) is 13.2 Å². The number of benzene rings is 1. The van der Waals surface area contributed by atoms with Gasteiger partial charge in [-0.25, -0.2) is 0 Å². The normalized spacial score (nSPS) is 30.7. The van der Waals surface area contributed by atoms with Crippen molar-refractivity contribution in [3.05, 3.63) is 34.3 Å². The van der Waals surface area contributed by atoms with Gasteiger partial charge in [-0.05, 0) is 19.1 Å². The van der Waals surface area contributed by atoms with Gasteiger partial charge in [0.25, 0.3) is 0 Å². The second-order valence-electron chi connectivity index (χ2n) is 3.69. The van der Waals surface area contributed by atoms with Crippen LogP contribution in [-0.4, -0.2) is 24.4 Å². The highest BCUT2D eigenvalue weighted by Gasteiger charge is 2.38. The minimum absolute atomic E-state index is 0.00782. The number of ether oxygens (including phenoxy) is 2. The van der Waals surface area contributed by atoms with Crippen LogP contribution in [0.2, 0.25) is 0 Å². The van der Waals surface area contributed by atoms with E-state index in [1.807, 2.05) is 31.2 Å². The van der Waals surface area contributed by atoms with Crippen LogP contribution in [-0.2, 0) is 15.3 Å². The first-order chi connectivity index (χ1) is 7.14. The van der Waals surface area contributed by atoms with Gasteiger partial charge in [0, 0.05) is 10.0 Å². The van der Waals surface area contributed by atoms with E-state index >= 15 is 0 Å². The summed E-state index contributed by atoms with van der Waals surface area (Å²) < 4.78 is 12.2. The third-order valence-corrected chi connectivity index (χ3v) is 3.04. The molecule has 82 valence electrons. The number of halogens is 1. The van der Waals surface area contributed by atoms with Crippen LogP contribution in [0.15, 0.2) is 28.7 Å². The van der Waals surface area contributed by atoms with E-state index in [0.717, 1.165) is 10.0 Å². The zero-order chi connectivity index (χ0) is 10.9.